The van der Waals surface area contributed by atoms with Crippen LogP contribution in [-0.4, -0.2) is 46.1 Å². The lowest BCUT2D eigenvalue weighted by Gasteiger charge is -2.06. The number of rotatable bonds is 10. The van der Waals surface area contributed by atoms with E-state index >= 15 is 0 Å². The first kappa shape index (κ1) is 16.6. The average molecular weight is 281 g/mol. The first-order valence-electron chi connectivity index (χ1n) is 6.80. The summed E-state index contributed by atoms with van der Waals surface area (Å²) in [5.41, 5.74) is 7.13. The molecule has 0 aliphatic rings. The molecule has 0 saturated carbocycles. The van der Waals surface area contributed by atoms with Crippen molar-refractivity contribution in [1.82, 2.24) is 0 Å². The Morgan fingerprint density at radius 2 is 1.85 bits per heavy atom. The van der Waals surface area contributed by atoms with E-state index in [1.165, 1.54) is 0 Å². The number of carbonyl (C=O) groups is 1. The molecular formula is C15H23NO4. The SMILES string of the molecule is COCCCOCCOC(=O)c1ccc(CCN)cc1. The van der Waals surface area contributed by atoms with Gasteiger partial charge in [0.15, 0.2) is 0 Å². The number of hydrogen-bond acceptors (Lipinski definition) is 5. The van der Waals surface area contributed by atoms with Crippen molar-refractivity contribution in [2.24, 2.45) is 5.73 Å². The molecule has 0 heterocycles. The van der Waals surface area contributed by atoms with Gasteiger partial charge in [0.1, 0.15) is 6.61 Å². The predicted molar refractivity (Wildman–Crippen MR) is 76.8 cm³/mol. The van der Waals surface area contributed by atoms with Crippen molar-refractivity contribution < 1.29 is 19.0 Å². The van der Waals surface area contributed by atoms with Crippen LogP contribution >= 0.6 is 0 Å². The van der Waals surface area contributed by atoms with E-state index < -0.39 is 0 Å². The Morgan fingerprint density at radius 3 is 2.50 bits per heavy atom. The van der Waals surface area contributed by atoms with Gasteiger partial charge < -0.3 is 19.9 Å². The minimum absolute atomic E-state index is 0.260. The molecule has 112 valence electrons. The number of carbonyl (C=O) groups excluding carboxylic acids is 1. The normalized spacial score (nSPS) is 10.5. The zero-order valence-electron chi connectivity index (χ0n) is 12.0. The highest BCUT2D eigenvalue weighted by Crippen LogP contribution is 2.06. The maximum atomic E-state index is 11.7. The first-order chi connectivity index (χ1) is 9.77. The Hall–Kier alpha value is -1.43. The van der Waals surface area contributed by atoms with Gasteiger partial charge in [0, 0.05) is 20.3 Å². The third kappa shape index (κ3) is 6.65. The van der Waals surface area contributed by atoms with Crippen molar-refractivity contribution in [3.63, 3.8) is 0 Å². The zero-order chi connectivity index (χ0) is 14.6. The van der Waals surface area contributed by atoms with Crippen LogP contribution in [0.25, 0.3) is 0 Å². The molecule has 5 nitrogen and oxygen atoms in total. The van der Waals surface area contributed by atoms with Gasteiger partial charge in [0.2, 0.25) is 0 Å². The van der Waals surface area contributed by atoms with Gasteiger partial charge in [-0.1, -0.05) is 12.1 Å². The summed E-state index contributed by atoms with van der Waals surface area (Å²) in [5, 5.41) is 0. The minimum Gasteiger partial charge on any atom is -0.460 e. The van der Waals surface area contributed by atoms with Crippen molar-refractivity contribution >= 4 is 5.97 Å². The topological polar surface area (TPSA) is 70.8 Å². The quantitative estimate of drug-likeness (QED) is 0.518. The fourth-order valence-corrected chi connectivity index (χ4v) is 1.66. The van der Waals surface area contributed by atoms with Crippen LogP contribution in [0.3, 0.4) is 0 Å². The molecule has 0 spiro atoms. The summed E-state index contributed by atoms with van der Waals surface area (Å²) in [5.74, 6) is -0.329. The van der Waals surface area contributed by atoms with E-state index in [0.717, 1.165) is 18.4 Å². The highest BCUT2D eigenvalue weighted by Gasteiger charge is 2.06. The molecule has 0 amide bonds. The summed E-state index contributed by atoms with van der Waals surface area (Å²) in [6, 6.07) is 7.30. The van der Waals surface area contributed by atoms with Crippen LogP contribution < -0.4 is 5.73 Å². The van der Waals surface area contributed by atoms with Gasteiger partial charge in [-0.15, -0.1) is 0 Å². The second-order valence-electron chi connectivity index (χ2n) is 4.33. The summed E-state index contributed by atoms with van der Waals surface area (Å²) in [4.78, 5) is 11.7. The standard InChI is InChI=1S/C15H23NO4/c1-18-9-2-10-19-11-12-20-15(17)14-5-3-13(4-6-14)7-8-16/h3-6H,2,7-12,16H2,1H3. The van der Waals surface area contributed by atoms with Crippen LogP contribution in [0.5, 0.6) is 0 Å². The molecule has 0 saturated heterocycles. The van der Waals surface area contributed by atoms with Crippen LogP contribution in [0.1, 0.15) is 22.3 Å². The minimum atomic E-state index is -0.329. The molecule has 0 fully saturated rings. The molecule has 0 unspecified atom stereocenters. The van der Waals surface area contributed by atoms with Crippen LogP contribution in [0.4, 0.5) is 0 Å². The molecular weight excluding hydrogens is 258 g/mol. The lowest BCUT2D eigenvalue weighted by atomic mass is 10.1. The lowest BCUT2D eigenvalue weighted by molar-refractivity contribution is 0.0288. The lowest BCUT2D eigenvalue weighted by Crippen LogP contribution is -2.12. The molecule has 0 aliphatic heterocycles. The van der Waals surface area contributed by atoms with Crippen molar-refractivity contribution in [3.05, 3.63) is 35.4 Å². The van der Waals surface area contributed by atoms with E-state index in [1.54, 1.807) is 19.2 Å². The Balaban J connectivity index is 2.18. The molecule has 20 heavy (non-hydrogen) atoms. The number of ether oxygens (including phenoxy) is 3. The van der Waals surface area contributed by atoms with Crippen molar-refractivity contribution in [2.45, 2.75) is 12.8 Å². The van der Waals surface area contributed by atoms with Crippen LogP contribution in [-0.2, 0) is 20.6 Å². The summed E-state index contributed by atoms with van der Waals surface area (Å²) in [6.07, 6.45) is 1.65. The molecule has 1 rings (SSSR count). The predicted octanol–water partition coefficient (Wildman–Crippen LogP) is 1.40. The Labute approximate surface area is 120 Å². The smallest absolute Gasteiger partial charge is 0.338 e. The van der Waals surface area contributed by atoms with E-state index in [1.807, 2.05) is 12.1 Å². The number of hydrogen-bond donors (Lipinski definition) is 1. The average Bonchev–Trinajstić information content (AvgIpc) is 2.47. The molecule has 5 heteroatoms. The van der Waals surface area contributed by atoms with Gasteiger partial charge in [-0.25, -0.2) is 4.79 Å². The number of nitrogens with two attached hydrogens (primary N) is 1. The third-order valence-corrected chi connectivity index (χ3v) is 2.72. The molecule has 0 bridgehead atoms. The molecule has 0 aliphatic carbocycles. The van der Waals surface area contributed by atoms with Gasteiger partial charge >= 0.3 is 5.97 Å². The largest absolute Gasteiger partial charge is 0.460 e. The molecule has 2 N–H and O–H groups in total. The first-order valence-corrected chi connectivity index (χ1v) is 6.80. The second kappa shape index (κ2) is 10.4. The highest BCUT2D eigenvalue weighted by molar-refractivity contribution is 5.89. The van der Waals surface area contributed by atoms with Gasteiger partial charge in [-0.3, -0.25) is 0 Å². The Kier molecular flexibility index (Phi) is 8.62. The fourth-order valence-electron chi connectivity index (χ4n) is 1.66. The van der Waals surface area contributed by atoms with Crippen LogP contribution in [0.2, 0.25) is 0 Å². The fraction of sp³-hybridized carbons (Fsp3) is 0.533. The number of esters is 1. The zero-order valence-corrected chi connectivity index (χ0v) is 12.0. The molecule has 0 atom stereocenters. The maximum absolute atomic E-state index is 11.7. The van der Waals surface area contributed by atoms with E-state index in [2.05, 4.69) is 0 Å². The van der Waals surface area contributed by atoms with Crippen molar-refractivity contribution in [2.75, 3.05) is 40.1 Å². The van der Waals surface area contributed by atoms with Gasteiger partial charge in [0.05, 0.1) is 12.2 Å². The van der Waals surface area contributed by atoms with Crippen molar-refractivity contribution in [3.8, 4) is 0 Å². The number of methoxy groups -OCH3 is 1. The van der Waals surface area contributed by atoms with Crippen molar-refractivity contribution in [1.29, 1.82) is 0 Å². The van der Waals surface area contributed by atoms with E-state index in [9.17, 15) is 4.79 Å². The van der Waals surface area contributed by atoms with Gasteiger partial charge in [-0.2, -0.15) is 0 Å². The Bertz CT molecular complexity index is 378. The molecule has 0 aromatic heterocycles. The maximum Gasteiger partial charge on any atom is 0.338 e. The summed E-state index contributed by atoms with van der Waals surface area (Å²) in [7, 11) is 1.65. The van der Waals surface area contributed by atoms with E-state index in [0.29, 0.717) is 31.9 Å². The molecule has 1 aromatic carbocycles. The summed E-state index contributed by atoms with van der Waals surface area (Å²) >= 11 is 0. The molecule has 0 radical (unpaired) electrons. The number of benzene rings is 1. The van der Waals surface area contributed by atoms with Gasteiger partial charge in [0.25, 0.3) is 0 Å². The van der Waals surface area contributed by atoms with Gasteiger partial charge in [-0.05, 0) is 37.1 Å². The van der Waals surface area contributed by atoms with Crippen LogP contribution in [0.15, 0.2) is 24.3 Å². The summed E-state index contributed by atoms with van der Waals surface area (Å²) < 4.78 is 15.3. The van der Waals surface area contributed by atoms with E-state index in [4.69, 9.17) is 19.9 Å². The summed E-state index contributed by atoms with van der Waals surface area (Å²) in [6.45, 7) is 2.55. The van der Waals surface area contributed by atoms with Crippen LogP contribution in [0, 0.1) is 0 Å². The second-order valence-corrected chi connectivity index (χ2v) is 4.33. The monoisotopic (exact) mass is 281 g/mol. The Morgan fingerprint density at radius 1 is 1.10 bits per heavy atom. The third-order valence-electron chi connectivity index (χ3n) is 2.72. The highest BCUT2D eigenvalue weighted by atomic mass is 16.6. The van der Waals surface area contributed by atoms with E-state index in [-0.39, 0.29) is 12.6 Å². The molecule has 1 aromatic rings.